The van der Waals surface area contributed by atoms with Gasteiger partial charge in [-0.15, -0.1) is 0 Å². The number of pyridine rings is 1. The zero-order chi connectivity index (χ0) is 14.9. The molecule has 21 heavy (non-hydrogen) atoms. The third-order valence-electron chi connectivity index (χ3n) is 4.34. The number of nitrogen functional groups attached to an aromatic ring is 1. The molecule has 116 valence electrons. The van der Waals surface area contributed by atoms with Crippen LogP contribution < -0.4 is 11.3 Å². The second kappa shape index (κ2) is 5.88. The zero-order valence-corrected chi connectivity index (χ0v) is 12.7. The van der Waals surface area contributed by atoms with Gasteiger partial charge < -0.3 is 5.43 Å². The van der Waals surface area contributed by atoms with E-state index in [9.17, 15) is 8.42 Å². The molecule has 1 atom stereocenters. The lowest BCUT2D eigenvalue weighted by Gasteiger charge is -2.23. The van der Waals surface area contributed by atoms with E-state index in [0.717, 1.165) is 19.5 Å². The summed E-state index contributed by atoms with van der Waals surface area (Å²) in [5, 5.41) is 0. The molecule has 2 aliphatic heterocycles. The number of hydrogen-bond acceptors (Lipinski definition) is 6. The van der Waals surface area contributed by atoms with Crippen LogP contribution in [0.1, 0.15) is 19.3 Å². The molecule has 0 amide bonds. The second-order valence-corrected chi connectivity index (χ2v) is 7.47. The fraction of sp³-hybridized carbons (Fsp3) is 0.615. The fourth-order valence-corrected chi connectivity index (χ4v) is 4.77. The van der Waals surface area contributed by atoms with Crippen LogP contribution in [-0.2, 0) is 10.0 Å². The lowest BCUT2D eigenvalue weighted by molar-refractivity contribution is 0.251. The van der Waals surface area contributed by atoms with Crippen LogP contribution in [0.5, 0.6) is 0 Å². The maximum atomic E-state index is 12.7. The molecule has 2 saturated heterocycles. The van der Waals surface area contributed by atoms with Crippen LogP contribution in [0.15, 0.2) is 23.4 Å². The molecule has 2 fully saturated rings. The number of sulfonamides is 1. The number of nitrogens with one attached hydrogen (secondary N) is 1. The lowest BCUT2D eigenvalue weighted by Crippen LogP contribution is -2.37. The second-order valence-electron chi connectivity index (χ2n) is 5.56. The van der Waals surface area contributed by atoms with Crippen molar-refractivity contribution in [3.8, 4) is 0 Å². The van der Waals surface area contributed by atoms with E-state index in [2.05, 4.69) is 15.3 Å². The smallest absolute Gasteiger partial charge is 0.246 e. The Morgan fingerprint density at radius 2 is 2.05 bits per heavy atom. The van der Waals surface area contributed by atoms with Crippen LogP contribution in [0.3, 0.4) is 0 Å². The first kappa shape index (κ1) is 14.7. The predicted octanol–water partition coefficient (Wildman–Crippen LogP) is 0.226. The van der Waals surface area contributed by atoms with E-state index in [4.69, 9.17) is 5.84 Å². The summed E-state index contributed by atoms with van der Waals surface area (Å²) >= 11 is 0. The third kappa shape index (κ3) is 2.76. The molecule has 3 rings (SSSR count). The fourth-order valence-electron chi connectivity index (χ4n) is 3.18. The highest BCUT2D eigenvalue weighted by atomic mass is 32.2. The van der Waals surface area contributed by atoms with E-state index in [1.165, 1.54) is 25.2 Å². The number of nitrogens with zero attached hydrogens (tertiary/aromatic N) is 3. The van der Waals surface area contributed by atoms with Gasteiger partial charge in [0.1, 0.15) is 4.90 Å². The van der Waals surface area contributed by atoms with Gasteiger partial charge in [-0.2, -0.15) is 4.31 Å². The van der Waals surface area contributed by atoms with E-state index >= 15 is 0 Å². The molecule has 3 N–H and O–H groups in total. The first-order valence-electron chi connectivity index (χ1n) is 7.28. The molecule has 1 unspecified atom stereocenters. The van der Waals surface area contributed by atoms with Crippen molar-refractivity contribution in [2.75, 3.05) is 31.6 Å². The van der Waals surface area contributed by atoms with E-state index in [-0.39, 0.29) is 4.90 Å². The Hall–Kier alpha value is -1.22. The van der Waals surface area contributed by atoms with Crippen molar-refractivity contribution in [2.24, 2.45) is 5.84 Å². The summed E-state index contributed by atoms with van der Waals surface area (Å²) < 4.78 is 27.0. The van der Waals surface area contributed by atoms with E-state index < -0.39 is 10.0 Å². The molecule has 0 spiro atoms. The van der Waals surface area contributed by atoms with Gasteiger partial charge in [0.05, 0.1) is 5.69 Å². The monoisotopic (exact) mass is 311 g/mol. The quantitative estimate of drug-likeness (QED) is 0.611. The molecule has 0 bridgehead atoms. The number of hydrogen-bond donors (Lipinski definition) is 2. The highest BCUT2D eigenvalue weighted by Crippen LogP contribution is 2.28. The van der Waals surface area contributed by atoms with Gasteiger partial charge in [-0.1, -0.05) is 0 Å². The standard InChI is InChI=1S/C13H21N5O2S/c14-16-12-3-5-15-9-13(12)21(19,20)18-8-4-11(10-18)17-6-1-2-7-17/h3,5,9,11H,1-2,4,6-8,10,14H2,(H,15,16). The predicted molar refractivity (Wildman–Crippen MR) is 80.0 cm³/mol. The molecule has 0 aromatic carbocycles. The van der Waals surface area contributed by atoms with Gasteiger partial charge in [-0.25, -0.2) is 8.42 Å². The van der Waals surface area contributed by atoms with Crippen LogP contribution in [0, 0.1) is 0 Å². The molecule has 7 nitrogen and oxygen atoms in total. The largest absolute Gasteiger partial charge is 0.323 e. The van der Waals surface area contributed by atoms with Crippen molar-refractivity contribution in [1.82, 2.24) is 14.2 Å². The molecular formula is C13H21N5O2S. The number of aromatic nitrogens is 1. The Bertz CT molecular complexity index is 600. The number of anilines is 1. The molecular weight excluding hydrogens is 290 g/mol. The van der Waals surface area contributed by atoms with Gasteiger partial charge in [0, 0.05) is 31.5 Å². The summed E-state index contributed by atoms with van der Waals surface area (Å²) in [6.07, 6.45) is 6.20. The molecule has 1 aromatic heterocycles. The van der Waals surface area contributed by atoms with Crippen molar-refractivity contribution < 1.29 is 8.42 Å². The zero-order valence-electron chi connectivity index (χ0n) is 11.9. The Labute approximate surface area is 125 Å². The lowest BCUT2D eigenvalue weighted by atomic mass is 10.2. The molecule has 0 saturated carbocycles. The molecule has 3 heterocycles. The van der Waals surface area contributed by atoms with Crippen molar-refractivity contribution in [1.29, 1.82) is 0 Å². The van der Waals surface area contributed by atoms with E-state index in [1.54, 1.807) is 10.4 Å². The van der Waals surface area contributed by atoms with Crippen LogP contribution in [0.4, 0.5) is 5.69 Å². The van der Waals surface area contributed by atoms with Crippen molar-refractivity contribution in [3.63, 3.8) is 0 Å². The summed E-state index contributed by atoms with van der Waals surface area (Å²) in [7, 11) is -3.54. The molecule has 0 radical (unpaired) electrons. The summed E-state index contributed by atoms with van der Waals surface area (Å²) in [6, 6.07) is 1.91. The first-order valence-corrected chi connectivity index (χ1v) is 8.72. The first-order chi connectivity index (χ1) is 10.1. The molecule has 2 aliphatic rings. The Morgan fingerprint density at radius 1 is 1.29 bits per heavy atom. The van der Waals surface area contributed by atoms with Gasteiger partial charge in [-0.05, 0) is 38.4 Å². The van der Waals surface area contributed by atoms with E-state index in [0.29, 0.717) is 24.8 Å². The van der Waals surface area contributed by atoms with E-state index in [1.807, 2.05) is 0 Å². The highest BCUT2D eigenvalue weighted by molar-refractivity contribution is 7.89. The molecule has 8 heteroatoms. The number of nitrogens with two attached hydrogens (primary N) is 1. The van der Waals surface area contributed by atoms with Gasteiger partial charge in [0.25, 0.3) is 0 Å². The maximum Gasteiger partial charge on any atom is 0.246 e. The number of hydrazine groups is 1. The van der Waals surface area contributed by atoms with Gasteiger partial charge >= 0.3 is 0 Å². The normalized spacial score (nSPS) is 24.5. The van der Waals surface area contributed by atoms with Crippen LogP contribution in [-0.4, -0.2) is 54.8 Å². The van der Waals surface area contributed by atoms with Gasteiger partial charge in [0.15, 0.2) is 0 Å². The summed E-state index contributed by atoms with van der Waals surface area (Å²) in [5.41, 5.74) is 2.82. The summed E-state index contributed by atoms with van der Waals surface area (Å²) in [6.45, 7) is 3.28. The Kier molecular flexibility index (Phi) is 4.12. The average molecular weight is 311 g/mol. The van der Waals surface area contributed by atoms with Crippen LogP contribution >= 0.6 is 0 Å². The minimum absolute atomic E-state index is 0.148. The number of likely N-dealkylation sites (tertiary alicyclic amines) is 1. The summed E-state index contributed by atoms with van der Waals surface area (Å²) in [4.78, 5) is 6.47. The summed E-state index contributed by atoms with van der Waals surface area (Å²) in [5.74, 6) is 5.40. The van der Waals surface area contributed by atoms with Crippen LogP contribution in [0.2, 0.25) is 0 Å². The van der Waals surface area contributed by atoms with Crippen LogP contribution in [0.25, 0.3) is 0 Å². The maximum absolute atomic E-state index is 12.7. The minimum Gasteiger partial charge on any atom is -0.323 e. The molecule has 0 aliphatic carbocycles. The SMILES string of the molecule is NNc1ccncc1S(=O)(=O)N1CCC(N2CCCC2)C1. The van der Waals surface area contributed by atoms with Crippen molar-refractivity contribution in [3.05, 3.63) is 18.5 Å². The number of rotatable bonds is 4. The molecule has 1 aromatic rings. The van der Waals surface area contributed by atoms with Crippen molar-refractivity contribution in [2.45, 2.75) is 30.2 Å². The minimum atomic E-state index is -3.54. The average Bonchev–Trinajstić information content (AvgIpc) is 3.17. The topological polar surface area (TPSA) is 91.6 Å². The van der Waals surface area contributed by atoms with Crippen molar-refractivity contribution >= 4 is 15.7 Å². The van der Waals surface area contributed by atoms with Gasteiger partial charge in [-0.3, -0.25) is 15.7 Å². The highest BCUT2D eigenvalue weighted by Gasteiger charge is 2.36. The van der Waals surface area contributed by atoms with Gasteiger partial charge in [0.2, 0.25) is 10.0 Å². The third-order valence-corrected chi connectivity index (χ3v) is 6.23. The Morgan fingerprint density at radius 3 is 2.76 bits per heavy atom. The Balaban J connectivity index is 1.79.